The minimum Gasteiger partial charge on any atom is -0.477 e. The molecule has 0 aromatic carbocycles. The van der Waals surface area contributed by atoms with Crippen molar-refractivity contribution in [2.45, 2.75) is 26.1 Å². The van der Waals surface area contributed by atoms with E-state index in [4.69, 9.17) is 9.63 Å². The summed E-state index contributed by atoms with van der Waals surface area (Å²) in [7, 11) is 1.96. The molecular weight excluding hydrogens is 264 g/mol. The predicted octanol–water partition coefficient (Wildman–Crippen LogP) is -0.339. The first kappa shape index (κ1) is 14.5. The van der Waals surface area contributed by atoms with Crippen LogP contribution in [0.1, 0.15) is 33.5 Å². The Bertz CT molecular complexity index is 518. The zero-order valence-corrected chi connectivity index (χ0v) is 11.6. The van der Waals surface area contributed by atoms with Crippen molar-refractivity contribution in [1.82, 2.24) is 20.7 Å². The molecule has 2 unspecified atom stereocenters. The Morgan fingerprint density at radius 2 is 2.20 bits per heavy atom. The molecule has 3 N–H and O–H groups in total. The summed E-state index contributed by atoms with van der Waals surface area (Å²) >= 11 is 0. The van der Waals surface area contributed by atoms with E-state index < -0.39 is 11.9 Å². The smallest absolute Gasteiger partial charge is 0.341 e. The first-order valence-electron chi connectivity index (χ1n) is 6.33. The maximum Gasteiger partial charge on any atom is 0.341 e. The number of carboxylic acid groups (broad SMARTS) is 1. The van der Waals surface area contributed by atoms with Gasteiger partial charge in [0.25, 0.3) is 5.91 Å². The highest BCUT2D eigenvalue weighted by molar-refractivity contribution is 6.03. The number of hydrogen-bond acceptors (Lipinski definition) is 6. The van der Waals surface area contributed by atoms with Crippen molar-refractivity contribution in [2.24, 2.45) is 0 Å². The van der Waals surface area contributed by atoms with Crippen molar-refractivity contribution in [3.8, 4) is 0 Å². The highest BCUT2D eigenvalue weighted by Crippen LogP contribution is 2.13. The molecule has 0 saturated carbocycles. The summed E-state index contributed by atoms with van der Waals surface area (Å²) in [6, 6.07) is 0.233. The van der Waals surface area contributed by atoms with Crippen molar-refractivity contribution >= 4 is 11.9 Å². The van der Waals surface area contributed by atoms with Crippen molar-refractivity contribution in [2.75, 3.05) is 20.1 Å². The van der Waals surface area contributed by atoms with Gasteiger partial charge in [0.05, 0.1) is 6.17 Å². The number of piperazine rings is 1. The minimum atomic E-state index is -1.23. The SMILES string of the molecule is Cc1onc(C(=O)NC2CN(C)CC(C)N2)c1C(=O)O. The van der Waals surface area contributed by atoms with Gasteiger partial charge in [-0.1, -0.05) is 5.16 Å². The summed E-state index contributed by atoms with van der Waals surface area (Å²) in [5, 5.41) is 18.6. The van der Waals surface area contributed by atoms with E-state index in [1.54, 1.807) is 0 Å². The Morgan fingerprint density at radius 1 is 1.50 bits per heavy atom. The first-order chi connectivity index (χ1) is 9.38. The predicted molar refractivity (Wildman–Crippen MR) is 69.5 cm³/mol. The normalized spacial score (nSPS) is 23.6. The number of rotatable bonds is 3. The molecule has 1 aliphatic rings. The number of aryl methyl sites for hydroxylation is 1. The van der Waals surface area contributed by atoms with Crippen LogP contribution in [0.3, 0.4) is 0 Å². The van der Waals surface area contributed by atoms with Gasteiger partial charge >= 0.3 is 5.97 Å². The summed E-state index contributed by atoms with van der Waals surface area (Å²) in [5.41, 5.74) is -0.391. The highest BCUT2D eigenvalue weighted by atomic mass is 16.5. The summed E-state index contributed by atoms with van der Waals surface area (Å²) in [5.74, 6) is -1.67. The lowest BCUT2D eigenvalue weighted by Crippen LogP contribution is -2.60. The van der Waals surface area contributed by atoms with Crippen LogP contribution in [0, 0.1) is 6.92 Å². The lowest BCUT2D eigenvalue weighted by atomic mass is 10.1. The molecule has 0 aliphatic carbocycles. The van der Waals surface area contributed by atoms with E-state index in [1.165, 1.54) is 6.92 Å². The summed E-state index contributed by atoms with van der Waals surface area (Å²) in [4.78, 5) is 25.3. The zero-order valence-electron chi connectivity index (χ0n) is 11.6. The van der Waals surface area contributed by atoms with Crippen molar-refractivity contribution < 1.29 is 19.2 Å². The van der Waals surface area contributed by atoms with E-state index >= 15 is 0 Å². The Morgan fingerprint density at radius 3 is 2.80 bits per heavy atom. The van der Waals surface area contributed by atoms with E-state index in [0.29, 0.717) is 6.54 Å². The fourth-order valence-corrected chi connectivity index (χ4v) is 2.40. The number of carbonyl (C=O) groups is 2. The third-order valence-corrected chi connectivity index (χ3v) is 3.16. The molecule has 2 rings (SSSR count). The fourth-order valence-electron chi connectivity index (χ4n) is 2.40. The summed E-state index contributed by atoms with van der Waals surface area (Å²) < 4.78 is 4.79. The quantitative estimate of drug-likeness (QED) is 0.696. The third-order valence-electron chi connectivity index (χ3n) is 3.16. The molecule has 8 heteroatoms. The Labute approximate surface area is 116 Å². The Balaban J connectivity index is 2.11. The molecule has 8 nitrogen and oxygen atoms in total. The van der Waals surface area contributed by atoms with Gasteiger partial charge in [-0.3, -0.25) is 10.1 Å². The molecule has 1 aromatic rings. The van der Waals surface area contributed by atoms with Crippen LogP contribution in [0.4, 0.5) is 0 Å². The zero-order chi connectivity index (χ0) is 14.9. The number of aromatic nitrogens is 1. The van der Waals surface area contributed by atoms with Crippen molar-refractivity contribution in [3.05, 3.63) is 17.0 Å². The van der Waals surface area contributed by atoms with Crippen molar-refractivity contribution in [3.63, 3.8) is 0 Å². The maximum atomic E-state index is 12.1. The van der Waals surface area contributed by atoms with Crippen LogP contribution >= 0.6 is 0 Å². The van der Waals surface area contributed by atoms with Crippen LogP contribution in [0.5, 0.6) is 0 Å². The second kappa shape index (κ2) is 5.59. The lowest BCUT2D eigenvalue weighted by molar-refractivity contribution is 0.0687. The van der Waals surface area contributed by atoms with Crippen LogP contribution < -0.4 is 10.6 Å². The molecule has 20 heavy (non-hydrogen) atoms. The first-order valence-corrected chi connectivity index (χ1v) is 6.33. The molecule has 1 aromatic heterocycles. The van der Waals surface area contributed by atoms with Crippen molar-refractivity contribution in [1.29, 1.82) is 0 Å². The fraction of sp³-hybridized carbons (Fsp3) is 0.583. The van der Waals surface area contributed by atoms with Crippen LogP contribution in [-0.2, 0) is 0 Å². The topological polar surface area (TPSA) is 108 Å². The van der Waals surface area contributed by atoms with E-state index in [9.17, 15) is 9.59 Å². The molecule has 0 radical (unpaired) electrons. The number of aromatic carboxylic acids is 1. The summed E-state index contributed by atoms with van der Waals surface area (Å²) in [6.07, 6.45) is -0.255. The molecule has 0 bridgehead atoms. The molecule has 0 spiro atoms. The second-order valence-corrected chi connectivity index (χ2v) is 5.08. The maximum absolute atomic E-state index is 12.1. The van der Waals surface area contributed by atoms with Gasteiger partial charge in [0.15, 0.2) is 5.69 Å². The van der Waals surface area contributed by atoms with E-state index in [2.05, 4.69) is 20.7 Å². The van der Waals surface area contributed by atoms with Gasteiger partial charge in [0.1, 0.15) is 11.3 Å². The largest absolute Gasteiger partial charge is 0.477 e. The van der Waals surface area contributed by atoms with Gasteiger partial charge in [0, 0.05) is 19.1 Å². The Kier molecular flexibility index (Phi) is 4.05. The average molecular weight is 282 g/mol. The molecule has 1 fully saturated rings. The van der Waals surface area contributed by atoms with Gasteiger partial charge in [-0.2, -0.15) is 0 Å². The number of carbonyl (C=O) groups excluding carboxylic acids is 1. The standard InChI is InChI=1S/C12H18N4O4/c1-6-4-16(3)5-8(13-6)14-11(17)10-9(12(18)19)7(2)20-15-10/h6,8,13H,4-5H2,1-3H3,(H,14,17)(H,18,19). The monoisotopic (exact) mass is 282 g/mol. The molecule has 110 valence electrons. The molecule has 2 heterocycles. The van der Waals surface area contributed by atoms with Gasteiger partial charge in [0.2, 0.25) is 0 Å². The van der Waals surface area contributed by atoms with Crippen LogP contribution in [0.15, 0.2) is 4.52 Å². The van der Waals surface area contributed by atoms with Gasteiger partial charge in [-0.15, -0.1) is 0 Å². The molecule has 2 atom stereocenters. The van der Waals surface area contributed by atoms with E-state index in [1.807, 2.05) is 14.0 Å². The van der Waals surface area contributed by atoms with Gasteiger partial charge < -0.3 is 19.8 Å². The van der Waals surface area contributed by atoms with E-state index in [-0.39, 0.29) is 29.2 Å². The van der Waals surface area contributed by atoms with Gasteiger partial charge in [-0.05, 0) is 20.9 Å². The van der Waals surface area contributed by atoms with Crippen LogP contribution in [-0.4, -0.2) is 59.4 Å². The number of carboxylic acids is 1. The molecule has 1 aliphatic heterocycles. The Hall–Kier alpha value is -1.93. The highest BCUT2D eigenvalue weighted by Gasteiger charge is 2.28. The molecular formula is C12H18N4O4. The van der Waals surface area contributed by atoms with Crippen LogP contribution in [0.2, 0.25) is 0 Å². The van der Waals surface area contributed by atoms with E-state index in [0.717, 1.165) is 6.54 Å². The minimum absolute atomic E-state index is 0.115. The van der Waals surface area contributed by atoms with Gasteiger partial charge in [-0.25, -0.2) is 4.79 Å². The second-order valence-electron chi connectivity index (χ2n) is 5.08. The lowest BCUT2D eigenvalue weighted by Gasteiger charge is -2.35. The number of hydrogen-bond donors (Lipinski definition) is 3. The number of likely N-dealkylation sites (N-methyl/N-ethyl adjacent to an activating group) is 1. The number of amides is 1. The third kappa shape index (κ3) is 2.97. The van der Waals surface area contributed by atoms with Crippen LogP contribution in [0.25, 0.3) is 0 Å². The number of nitrogens with zero attached hydrogens (tertiary/aromatic N) is 2. The number of nitrogens with one attached hydrogen (secondary N) is 2. The molecule has 1 amide bonds. The summed E-state index contributed by atoms with van der Waals surface area (Å²) in [6.45, 7) is 4.99. The molecule has 1 saturated heterocycles. The average Bonchev–Trinajstić information content (AvgIpc) is 2.69.